The second-order valence-electron chi connectivity index (χ2n) is 6.72. The van der Waals surface area contributed by atoms with Gasteiger partial charge >= 0.3 is 0 Å². The summed E-state index contributed by atoms with van der Waals surface area (Å²) in [7, 11) is 2.08. The van der Waals surface area contributed by atoms with E-state index in [-0.39, 0.29) is 12.2 Å². The van der Waals surface area contributed by atoms with E-state index < -0.39 is 0 Å². The smallest absolute Gasteiger partial charge is 0.249 e. The lowest BCUT2D eigenvalue weighted by molar-refractivity contribution is -0.0821. The van der Waals surface area contributed by atoms with E-state index in [1.54, 1.807) is 0 Å². The number of hydrogen-bond acceptors (Lipinski definition) is 7. The summed E-state index contributed by atoms with van der Waals surface area (Å²) in [6, 6.07) is 8.15. The number of nitrogens with zero attached hydrogens (tertiary/aromatic N) is 4. The Kier molecular flexibility index (Phi) is 4.70. The molecule has 2 aliphatic heterocycles. The molecule has 2 saturated heterocycles. The molecule has 2 fully saturated rings. The third-order valence-electron chi connectivity index (χ3n) is 4.65. The third kappa shape index (κ3) is 3.53. The van der Waals surface area contributed by atoms with Crippen molar-refractivity contribution in [1.82, 2.24) is 15.1 Å². The minimum absolute atomic E-state index is 0.153. The Hall–Kier alpha value is -1.96. The van der Waals surface area contributed by atoms with Gasteiger partial charge in [0.15, 0.2) is 0 Å². The number of hydrogen-bond donors (Lipinski definition) is 0. The van der Waals surface area contributed by atoms with Crippen molar-refractivity contribution in [3.05, 3.63) is 30.2 Å². The highest BCUT2D eigenvalue weighted by Crippen LogP contribution is 2.32. The van der Waals surface area contributed by atoms with Crippen LogP contribution in [0.5, 0.6) is 0 Å². The highest BCUT2D eigenvalue weighted by atomic mass is 16.5. The van der Waals surface area contributed by atoms with Gasteiger partial charge in [-0.2, -0.15) is 0 Å². The van der Waals surface area contributed by atoms with E-state index in [9.17, 15) is 0 Å². The highest BCUT2D eigenvalue weighted by molar-refractivity contribution is 5.73. The Balaban J connectivity index is 1.60. The van der Waals surface area contributed by atoms with E-state index in [0.717, 1.165) is 50.6 Å². The standard InChI is InChI=1S/C18H24N4O3/c1-13-11-21(2)12-16(24-13)18-20-19-17(25-18)14-5-3-4-6-15(14)22-7-9-23-10-8-22/h3-6,13,16H,7-12H2,1-2H3/t13-,16-/m1/s1. The molecule has 0 spiro atoms. The van der Waals surface area contributed by atoms with Crippen molar-refractivity contribution in [1.29, 1.82) is 0 Å². The maximum Gasteiger partial charge on any atom is 0.249 e. The van der Waals surface area contributed by atoms with Crippen LogP contribution < -0.4 is 4.90 Å². The molecule has 0 radical (unpaired) electrons. The molecule has 1 aromatic heterocycles. The number of aromatic nitrogens is 2. The fourth-order valence-electron chi connectivity index (χ4n) is 3.51. The first-order valence-electron chi connectivity index (χ1n) is 8.80. The molecular weight excluding hydrogens is 320 g/mol. The maximum atomic E-state index is 6.01. The monoisotopic (exact) mass is 344 g/mol. The average molecular weight is 344 g/mol. The van der Waals surface area contributed by atoms with Crippen LogP contribution in [0.1, 0.15) is 18.9 Å². The van der Waals surface area contributed by atoms with Gasteiger partial charge in [0.1, 0.15) is 6.10 Å². The summed E-state index contributed by atoms with van der Waals surface area (Å²) >= 11 is 0. The largest absolute Gasteiger partial charge is 0.418 e. The van der Waals surface area contributed by atoms with Crippen molar-refractivity contribution < 1.29 is 13.9 Å². The van der Waals surface area contributed by atoms with Gasteiger partial charge in [-0.25, -0.2) is 0 Å². The van der Waals surface area contributed by atoms with Gasteiger partial charge in [0.2, 0.25) is 11.8 Å². The van der Waals surface area contributed by atoms with Crippen LogP contribution in [-0.4, -0.2) is 67.6 Å². The Labute approximate surface area is 147 Å². The van der Waals surface area contributed by atoms with Crippen LogP contribution >= 0.6 is 0 Å². The fourth-order valence-corrected chi connectivity index (χ4v) is 3.51. The van der Waals surface area contributed by atoms with Gasteiger partial charge in [-0.1, -0.05) is 12.1 Å². The predicted molar refractivity (Wildman–Crippen MR) is 93.6 cm³/mol. The van der Waals surface area contributed by atoms with Crippen molar-refractivity contribution in [2.75, 3.05) is 51.3 Å². The lowest BCUT2D eigenvalue weighted by Crippen LogP contribution is -2.40. The van der Waals surface area contributed by atoms with Gasteiger partial charge in [0, 0.05) is 31.9 Å². The zero-order chi connectivity index (χ0) is 17.2. The summed E-state index contributed by atoms with van der Waals surface area (Å²) in [5, 5.41) is 8.55. The molecule has 0 aliphatic carbocycles. The molecule has 1 aromatic carbocycles. The molecule has 0 saturated carbocycles. The molecule has 4 rings (SSSR count). The fraction of sp³-hybridized carbons (Fsp3) is 0.556. The van der Waals surface area contributed by atoms with Gasteiger partial charge in [-0.15, -0.1) is 10.2 Å². The summed E-state index contributed by atoms with van der Waals surface area (Å²) in [6.07, 6.45) is -0.0229. The van der Waals surface area contributed by atoms with Gasteiger partial charge < -0.3 is 23.7 Å². The van der Waals surface area contributed by atoms with Crippen LogP contribution in [0.2, 0.25) is 0 Å². The molecule has 0 bridgehead atoms. The zero-order valence-electron chi connectivity index (χ0n) is 14.7. The molecule has 2 aromatic rings. The first-order valence-corrected chi connectivity index (χ1v) is 8.80. The van der Waals surface area contributed by atoms with Crippen LogP contribution in [-0.2, 0) is 9.47 Å². The first-order chi connectivity index (χ1) is 12.2. The molecule has 3 heterocycles. The zero-order valence-corrected chi connectivity index (χ0v) is 14.7. The SMILES string of the molecule is C[C@@H]1CN(C)C[C@H](c2nnc(-c3ccccc3N3CCOCC3)o2)O1. The van der Waals surface area contributed by atoms with Gasteiger partial charge in [0.05, 0.1) is 24.9 Å². The Morgan fingerprint density at radius 1 is 1.08 bits per heavy atom. The van der Waals surface area contributed by atoms with Crippen molar-refractivity contribution in [3.63, 3.8) is 0 Å². The van der Waals surface area contributed by atoms with Crippen molar-refractivity contribution >= 4 is 5.69 Å². The van der Waals surface area contributed by atoms with Gasteiger partial charge in [-0.05, 0) is 26.1 Å². The van der Waals surface area contributed by atoms with E-state index in [1.165, 1.54) is 0 Å². The van der Waals surface area contributed by atoms with Crippen LogP contribution in [0.15, 0.2) is 28.7 Å². The van der Waals surface area contributed by atoms with E-state index in [0.29, 0.717) is 11.8 Å². The summed E-state index contributed by atoms with van der Waals surface area (Å²) < 4.78 is 17.4. The van der Waals surface area contributed by atoms with Gasteiger partial charge in [0.25, 0.3) is 0 Å². The lowest BCUT2D eigenvalue weighted by Gasteiger charge is -2.32. The van der Waals surface area contributed by atoms with E-state index >= 15 is 0 Å². The minimum Gasteiger partial charge on any atom is -0.418 e. The normalized spacial score (nSPS) is 25.3. The molecule has 7 heteroatoms. The topological polar surface area (TPSA) is 63.9 Å². The molecular formula is C18H24N4O3. The van der Waals surface area contributed by atoms with E-state index in [1.807, 2.05) is 18.2 Å². The van der Waals surface area contributed by atoms with Crippen molar-refractivity contribution in [3.8, 4) is 11.5 Å². The quantitative estimate of drug-likeness (QED) is 0.843. The molecule has 2 aliphatic rings. The minimum atomic E-state index is -0.175. The molecule has 7 nitrogen and oxygen atoms in total. The summed E-state index contributed by atoms with van der Waals surface area (Å²) in [6.45, 7) is 6.95. The molecule has 2 atom stereocenters. The number of morpholine rings is 2. The number of likely N-dealkylation sites (N-methyl/N-ethyl adjacent to an activating group) is 1. The lowest BCUT2D eigenvalue weighted by atomic mass is 10.1. The Morgan fingerprint density at radius 2 is 1.88 bits per heavy atom. The first kappa shape index (κ1) is 16.5. The van der Waals surface area contributed by atoms with E-state index in [4.69, 9.17) is 13.9 Å². The highest BCUT2D eigenvalue weighted by Gasteiger charge is 2.29. The number of benzene rings is 1. The molecule has 134 valence electrons. The number of ether oxygens (including phenoxy) is 2. The number of para-hydroxylation sites is 1. The molecule has 0 N–H and O–H groups in total. The van der Waals surface area contributed by atoms with Crippen molar-refractivity contribution in [2.45, 2.75) is 19.1 Å². The molecule has 0 unspecified atom stereocenters. The Bertz CT molecular complexity index is 704. The van der Waals surface area contributed by atoms with Crippen molar-refractivity contribution in [2.24, 2.45) is 0 Å². The molecule has 0 amide bonds. The predicted octanol–water partition coefficient (Wildman–Crippen LogP) is 1.96. The second kappa shape index (κ2) is 7.11. The van der Waals surface area contributed by atoms with Crippen LogP contribution in [0.25, 0.3) is 11.5 Å². The average Bonchev–Trinajstić information content (AvgIpc) is 3.12. The third-order valence-corrected chi connectivity index (χ3v) is 4.65. The molecule has 25 heavy (non-hydrogen) atoms. The van der Waals surface area contributed by atoms with Gasteiger partial charge in [-0.3, -0.25) is 0 Å². The number of rotatable bonds is 3. The second-order valence-corrected chi connectivity index (χ2v) is 6.72. The summed E-state index contributed by atoms with van der Waals surface area (Å²) in [5.41, 5.74) is 2.07. The summed E-state index contributed by atoms with van der Waals surface area (Å²) in [4.78, 5) is 4.53. The maximum absolute atomic E-state index is 6.01. The van der Waals surface area contributed by atoms with E-state index in [2.05, 4.69) is 40.0 Å². The van der Waals surface area contributed by atoms with Crippen LogP contribution in [0.4, 0.5) is 5.69 Å². The summed E-state index contributed by atoms with van der Waals surface area (Å²) in [5.74, 6) is 1.09. The van der Waals surface area contributed by atoms with Crippen LogP contribution in [0.3, 0.4) is 0 Å². The number of anilines is 1. The Morgan fingerprint density at radius 3 is 2.68 bits per heavy atom. The van der Waals surface area contributed by atoms with Crippen LogP contribution in [0, 0.1) is 0 Å².